The van der Waals surface area contributed by atoms with Gasteiger partial charge in [0.05, 0.1) is 0 Å². The van der Waals surface area contributed by atoms with Gasteiger partial charge in [-0.05, 0) is 13.3 Å². The summed E-state index contributed by atoms with van der Waals surface area (Å²) in [7, 11) is 0. The monoisotopic (exact) mass is 317 g/mol. The number of aliphatic hydroxyl groups is 2. The van der Waals surface area contributed by atoms with Crippen LogP contribution in [0, 0.1) is 4.91 Å². The molecule has 128 valence electrons. The van der Waals surface area contributed by atoms with Crippen LogP contribution < -0.4 is 0 Å². The molecule has 0 aromatic carbocycles. The topological polar surface area (TPSA) is 105 Å². The van der Waals surface area contributed by atoms with Crippen molar-refractivity contribution < 1.29 is 24.5 Å². The Kier molecular flexibility index (Phi) is 8.70. The summed E-state index contributed by atoms with van der Waals surface area (Å²) in [6, 6.07) is -1.32. The van der Waals surface area contributed by atoms with E-state index >= 15 is 0 Å². The molecular weight excluding hydrogens is 290 g/mol. The fourth-order valence-corrected chi connectivity index (χ4v) is 2.53. The number of nitroso groups, excluding NO2 is 1. The number of ketones is 1. The van der Waals surface area contributed by atoms with E-state index in [9.17, 15) is 19.9 Å². The van der Waals surface area contributed by atoms with E-state index in [1.807, 2.05) is 0 Å². The van der Waals surface area contributed by atoms with Crippen molar-refractivity contribution in [2.75, 3.05) is 6.61 Å². The zero-order chi connectivity index (χ0) is 16.5. The lowest BCUT2D eigenvalue weighted by atomic mass is 9.95. The SMILES string of the molecule is CCCCCCCCO[C@H]1O[C@H](C(C)=O)[C@@H](O)C(N=O)[C@H]1O. The summed E-state index contributed by atoms with van der Waals surface area (Å²) in [5.74, 6) is -0.429. The number of hydrogen-bond acceptors (Lipinski definition) is 7. The summed E-state index contributed by atoms with van der Waals surface area (Å²) < 4.78 is 10.7. The van der Waals surface area contributed by atoms with Gasteiger partial charge >= 0.3 is 0 Å². The zero-order valence-electron chi connectivity index (χ0n) is 13.3. The summed E-state index contributed by atoms with van der Waals surface area (Å²) in [6.07, 6.45) is 1.41. The number of carbonyl (C=O) groups excluding carboxylic acids is 1. The van der Waals surface area contributed by atoms with Gasteiger partial charge in [0.1, 0.15) is 18.3 Å². The molecule has 0 aromatic heterocycles. The molecule has 0 aliphatic carbocycles. The third-order valence-electron chi connectivity index (χ3n) is 3.87. The number of nitrogens with zero attached hydrogens (tertiary/aromatic N) is 1. The van der Waals surface area contributed by atoms with Gasteiger partial charge in [0.15, 0.2) is 18.1 Å². The van der Waals surface area contributed by atoms with Crippen LogP contribution in [0.1, 0.15) is 52.4 Å². The lowest BCUT2D eigenvalue weighted by molar-refractivity contribution is -0.264. The predicted octanol–water partition coefficient (Wildman–Crippen LogP) is 1.53. The highest BCUT2D eigenvalue weighted by Gasteiger charge is 2.47. The Bertz CT molecular complexity index is 349. The third kappa shape index (κ3) is 5.39. The van der Waals surface area contributed by atoms with Crippen LogP contribution in [-0.4, -0.2) is 53.2 Å². The Morgan fingerprint density at radius 2 is 1.77 bits per heavy atom. The van der Waals surface area contributed by atoms with Crippen LogP contribution in [0.25, 0.3) is 0 Å². The summed E-state index contributed by atoms with van der Waals surface area (Å²) in [5.41, 5.74) is 0. The number of ether oxygens (including phenoxy) is 2. The van der Waals surface area contributed by atoms with Crippen LogP contribution in [0.15, 0.2) is 5.18 Å². The molecular formula is C15H27NO6. The van der Waals surface area contributed by atoms with Crippen LogP contribution in [-0.2, 0) is 14.3 Å². The molecule has 5 atom stereocenters. The minimum atomic E-state index is -1.45. The van der Waals surface area contributed by atoms with Gasteiger partial charge in [0.25, 0.3) is 0 Å². The van der Waals surface area contributed by atoms with Crippen molar-refractivity contribution in [3.8, 4) is 0 Å². The van der Waals surface area contributed by atoms with Gasteiger partial charge in [-0.3, -0.25) is 4.79 Å². The van der Waals surface area contributed by atoms with Crippen molar-refractivity contribution >= 4 is 5.78 Å². The number of aliphatic hydroxyl groups excluding tert-OH is 2. The molecule has 1 unspecified atom stereocenters. The second kappa shape index (κ2) is 9.99. The van der Waals surface area contributed by atoms with Gasteiger partial charge in [-0.1, -0.05) is 44.2 Å². The molecule has 0 spiro atoms. The Labute approximate surface area is 131 Å². The van der Waals surface area contributed by atoms with E-state index in [2.05, 4.69) is 12.1 Å². The molecule has 0 aromatic rings. The molecule has 1 fully saturated rings. The Balaban J connectivity index is 2.40. The van der Waals surface area contributed by atoms with Crippen LogP contribution in [0.2, 0.25) is 0 Å². The molecule has 0 radical (unpaired) electrons. The number of hydrogen-bond donors (Lipinski definition) is 2. The van der Waals surface area contributed by atoms with Crippen LogP contribution in [0.5, 0.6) is 0 Å². The van der Waals surface area contributed by atoms with E-state index < -0.39 is 36.4 Å². The van der Waals surface area contributed by atoms with E-state index in [-0.39, 0.29) is 0 Å². The zero-order valence-corrected chi connectivity index (χ0v) is 13.3. The first-order valence-corrected chi connectivity index (χ1v) is 7.99. The summed E-state index contributed by atoms with van der Waals surface area (Å²) in [4.78, 5) is 22.2. The Hall–Kier alpha value is -0.890. The van der Waals surface area contributed by atoms with Crippen molar-refractivity contribution in [2.45, 2.75) is 83.0 Å². The van der Waals surface area contributed by atoms with E-state index in [4.69, 9.17) is 9.47 Å². The molecule has 22 heavy (non-hydrogen) atoms. The highest BCUT2D eigenvalue weighted by molar-refractivity contribution is 5.81. The summed E-state index contributed by atoms with van der Waals surface area (Å²) in [6.45, 7) is 3.76. The van der Waals surface area contributed by atoms with E-state index in [0.29, 0.717) is 6.61 Å². The molecule has 1 saturated heterocycles. The van der Waals surface area contributed by atoms with Gasteiger partial charge < -0.3 is 19.7 Å². The van der Waals surface area contributed by atoms with Gasteiger partial charge in [-0.25, -0.2) is 0 Å². The lowest BCUT2D eigenvalue weighted by Gasteiger charge is -2.38. The number of rotatable bonds is 10. The maximum absolute atomic E-state index is 11.4. The maximum atomic E-state index is 11.4. The first kappa shape index (κ1) is 19.2. The molecule has 0 saturated carbocycles. The van der Waals surface area contributed by atoms with E-state index in [1.54, 1.807) is 0 Å². The van der Waals surface area contributed by atoms with Gasteiger partial charge in [-0.2, -0.15) is 4.91 Å². The summed E-state index contributed by atoms with van der Waals surface area (Å²) in [5, 5.41) is 22.5. The average molecular weight is 317 g/mol. The van der Waals surface area contributed by atoms with E-state index in [0.717, 1.165) is 19.3 Å². The molecule has 0 bridgehead atoms. The molecule has 1 rings (SSSR count). The molecule has 2 N–H and O–H groups in total. The Morgan fingerprint density at radius 1 is 1.14 bits per heavy atom. The van der Waals surface area contributed by atoms with Crippen molar-refractivity contribution in [1.82, 2.24) is 0 Å². The van der Waals surface area contributed by atoms with Gasteiger partial charge in [0.2, 0.25) is 0 Å². The third-order valence-corrected chi connectivity index (χ3v) is 3.87. The van der Waals surface area contributed by atoms with Crippen LogP contribution in [0.3, 0.4) is 0 Å². The fourth-order valence-electron chi connectivity index (χ4n) is 2.53. The molecule has 1 heterocycles. The standard InChI is InChI=1S/C15H27NO6/c1-3-4-5-6-7-8-9-21-15-13(19)11(16-20)12(18)14(22-15)10(2)17/h11-15,18-19H,3-9H2,1-2H3/t11?,12-,13+,14+,15-/m0/s1. The fraction of sp³-hybridized carbons (Fsp3) is 0.933. The minimum absolute atomic E-state index is 0.361. The maximum Gasteiger partial charge on any atom is 0.186 e. The largest absolute Gasteiger partial charge is 0.387 e. The normalized spacial score (nSPS) is 31.9. The van der Waals surface area contributed by atoms with E-state index in [1.165, 1.54) is 26.2 Å². The second-order valence-electron chi connectivity index (χ2n) is 5.75. The van der Waals surface area contributed by atoms with Crippen molar-refractivity contribution in [3.63, 3.8) is 0 Å². The van der Waals surface area contributed by atoms with Crippen LogP contribution >= 0.6 is 0 Å². The Morgan fingerprint density at radius 3 is 2.36 bits per heavy atom. The quantitative estimate of drug-likeness (QED) is 0.467. The highest BCUT2D eigenvalue weighted by atomic mass is 16.7. The smallest absolute Gasteiger partial charge is 0.186 e. The number of carbonyl (C=O) groups is 1. The first-order valence-electron chi connectivity index (χ1n) is 7.99. The van der Waals surface area contributed by atoms with Crippen molar-refractivity contribution in [2.24, 2.45) is 5.18 Å². The average Bonchev–Trinajstić information content (AvgIpc) is 2.48. The molecule has 7 nitrogen and oxygen atoms in total. The summed E-state index contributed by atoms with van der Waals surface area (Å²) >= 11 is 0. The molecule has 1 aliphatic heterocycles. The van der Waals surface area contributed by atoms with Crippen molar-refractivity contribution in [1.29, 1.82) is 0 Å². The molecule has 7 heteroatoms. The van der Waals surface area contributed by atoms with Crippen LogP contribution in [0.4, 0.5) is 0 Å². The number of Topliss-reactive ketones (excluding diaryl/α,β-unsaturated/α-hetero) is 1. The van der Waals surface area contributed by atoms with Gasteiger partial charge in [-0.15, -0.1) is 0 Å². The van der Waals surface area contributed by atoms with Gasteiger partial charge in [0, 0.05) is 6.61 Å². The number of unbranched alkanes of at least 4 members (excludes halogenated alkanes) is 5. The minimum Gasteiger partial charge on any atom is -0.387 e. The second-order valence-corrected chi connectivity index (χ2v) is 5.75. The lowest BCUT2D eigenvalue weighted by Crippen LogP contribution is -2.59. The molecule has 1 aliphatic rings. The first-order chi connectivity index (χ1) is 10.5. The highest BCUT2D eigenvalue weighted by Crippen LogP contribution is 2.25. The van der Waals surface area contributed by atoms with Crippen molar-refractivity contribution in [3.05, 3.63) is 4.91 Å². The molecule has 0 amide bonds. The predicted molar refractivity (Wildman–Crippen MR) is 80.3 cm³/mol.